The van der Waals surface area contributed by atoms with Crippen molar-refractivity contribution in [2.24, 2.45) is 0 Å². The molecule has 0 aliphatic carbocycles. The van der Waals surface area contributed by atoms with Gasteiger partial charge in [0.15, 0.2) is 5.65 Å². The number of anilines is 2. The number of fused-ring (bicyclic) bond motifs is 2. The predicted molar refractivity (Wildman–Crippen MR) is 128 cm³/mol. The van der Waals surface area contributed by atoms with Gasteiger partial charge in [-0.05, 0) is 29.8 Å². The number of halogens is 1. The van der Waals surface area contributed by atoms with Crippen molar-refractivity contribution in [1.82, 2.24) is 29.5 Å². The highest BCUT2D eigenvalue weighted by Gasteiger charge is 2.20. The van der Waals surface area contributed by atoms with Crippen LogP contribution in [0, 0.1) is 0 Å². The molecule has 1 fully saturated rings. The molecular formula is C23H21ClN8O. The average molecular weight is 461 g/mol. The number of morpholine rings is 1. The molecule has 2 N–H and O–H groups in total. The second-order valence-corrected chi connectivity index (χ2v) is 8.24. The number of hydrogen-bond acceptors (Lipinski definition) is 7. The Morgan fingerprint density at radius 1 is 1.03 bits per heavy atom. The summed E-state index contributed by atoms with van der Waals surface area (Å²) < 4.78 is 7.23. The van der Waals surface area contributed by atoms with Crippen LogP contribution in [0.25, 0.3) is 27.8 Å². The van der Waals surface area contributed by atoms with Crippen LogP contribution >= 0.6 is 11.6 Å². The van der Waals surface area contributed by atoms with Gasteiger partial charge in [0.25, 0.3) is 0 Å². The standard InChI is InChI=1S/C23H21ClN8O/c24-16-5-3-4-15(12-16)17-13-26-32-21(17)29-23(31-8-10-33-11-9-31)30-22(32)25-14-20-27-18-6-1-2-7-19(18)28-20/h1-7,12-13H,8-11,14H2,(H,27,28)(H,25,29,30). The Kier molecular flexibility index (Phi) is 5.04. The molecule has 0 spiro atoms. The molecule has 0 bridgehead atoms. The Hall–Kier alpha value is -3.69. The summed E-state index contributed by atoms with van der Waals surface area (Å²) in [5.41, 5.74) is 4.48. The molecule has 1 saturated heterocycles. The zero-order chi connectivity index (χ0) is 22.2. The van der Waals surface area contributed by atoms with E-state index in [1.807, 2.05) is 48.5 Å². The lowest BCUT2D eigenvalue weighted by atomic mass is 10.1. The molecule has 3 aromatic heterocycles. The molecule has 0 saturated carbocycles. The summed E-state index contributed by atoms with van der Waals surface area (Å²) in [6, 6.07) is 15.6. The quantitative estimate of drug-likeness (QED) is 0.412. The third kappa shape index (κ3) is 3.85. The highest BCUT2D eigenvalue weighted by molar-refractivity contribution is 6.30. The van der Waals surface area contributed by atoms with Crippen LogP contribution in [-0.4, -0.2) is 55.9 Å². The van der Waals surface area contributed by atoms with Crippen molar-refractivity contribution in [3.63, 3.8) is 0 Å². The van der Waals surface area contributed by atoms with E-state index in [-0.39, 0.29) is 0 Å². The second-order valence-electron chi connectivity index (χ2n) is 7.80. The van der Waals surface area contributed by atoms with Crippen LogP contribution in [0.3, 0.4) is 0 Å². The van der Waals surface area contributed by atoms with Gasteiger partial charge in [-0.25, -0.2) is 4.98 Å². The fourth-order valence-corrected chi connectivity index (χ4v) is 4.19. The molecule has 1 aliphatic rings. The molecule has 6 rings (SSSR count). The summed E-state index contributed by atoms with van der Waals surface area (Å²) in [6.07, 6.45) is 1.80. The summed E-state index contributed by atoms with van der Waals surface area (Å²) in [6.45, 7) is 3.24. The van der Waals surface area contributed by atoms with Crippen LogP contribution in [0.15, 0.2) is 54.7 Å². The van der Waals surface area contributed by atoms with Crippen LogP contribution in [0.1, 0.15) is 5.82 Å². The topological polar surface area (TPSA) is 96.3 Å². The second kappa shape index (κ2) is 8.34. The summed E-state index contributed by atoms with van der Waals surface area (Å²) in [7, 11) is 0. The van der Waals surface area contributed by atoms with Gasteiger partial charge >= 0.3 is 0 Å². The number of nitrogens with zero attached hydrogens (tertiary/aromatic N) is 6. The van der Waals surface area contributed by atoms with Crippen molar-refractivity contribution in [2.45, 2.75) is 6.54 Å². The molecule has 0 unspecified atom stereocenters. The van der Waals surface area contributed by atoms with Crippen molar-refractivity contribution in [3.05, 3.63) is 65.6 Å². The number of nitrogens with one attached hydrogen (secondary N) is 2. The Balaban J connectivity index is 1.41. The van der Waals surface area contributed by atoms with Gasteiger partial charge in [-0.2, -0.15) is 19.6 Å². The maximum absolute atomic E-state index is 6.24. The Morgan fingerprint density at radius 2 is 1.91 bits per heavy atom. The monoisotopic (exact) mass is 460 g/mol. The van der Waals surface area contributed by atoms with Gasteiger partial charge < -0.3 is 19.9 Å². The van der Waals surface area contributed by atoms with Gasteiger partial charge in [0.1, 0.15) is 5.82 Å². The van der Waals surface area contributed by atoms with Crippen LogP contribution in [-0.2, 0) is 11.3 Å². The summed E-state index contributed by atoms with van der Waals surface area (Å²) in [5.74, 6) is 2.05. The first-order chi connectivity index (χ1) is 16.2. The van der Waals surface area contributed by atoms with Crippen molar-refractivity contribution in [1.29, 1.82) is 0 Å². The van der Waals surface area contributed by atoms with E-state index >= 15 is 0 Å². The molecule has 33 heavy (non-hydrogen) atoms. The number of aromatic nitrogens is 6. The van der Waals surface area contributed by atoms with E-state index in [4.69, 9.17) is 26.3 Å². The minimum absolute atomic E-state index is 0.468. The Bertz CT molecular complexity index is 1410. The maximum atomic E-state index is 6.24. The lowest BCUT2D eigenvalue weighted by Crippen LogP contribution is -2.37. The predicted octanol–water partition coefficient (Wildman–Crippen LogP) is 3.77. The zero-order valence-electron chi connectivity index (χ0n) is 17.7. The molecule has 2 aromatic carbocycles. The number of benzene rings is 2. The van der Waals surface area contributed by atoms with Crippen LogP contribution in [0.2, 0.25) is 5.02 Å². The lowest BCUT2D eigenvalue weighted by molar-refractivity contribution is 0.122. The van der Waals surface area contributed by atoms with Gasteiger partial charge in [-0.15, -0.1) is 0 Å². The SMILES string of the molecule is Clc1cccc(-c2cnn3c(NCc4nc5ccccc5[nH]4)nc(N4CCOCC4)nc23)c1. The number of aromatic amines is 1. The lowest BCUT2D eigenvalue weighted by Gasteiger charge is -2.27. The van der Waals surface area contributed by atoms with Crippen molar-refractivity contribution < 1.29 is 4.74 Å². The van der Waals surface area contributed by atoms with E-state index < -0.39 is 0 Å². The number of imidazole rings is 1. The van der Waals surface area contributed by atoms with Crippen molar-refractivity contribution >= 4 is 40.2 Å². The van der Waals surface area contributed by atoms with Gasteiger partial charge in [-0.1, -0.05) is 35.9 Å². The number of ether oxygens (including phenoxy) is 1. The van der Waals surface area contributed by atoms with E-state index in [1.165, 1.54) is 0 Å². The fraction of sp³-hybridized carbons (Fsp3) is 0.217. The average Bonchev–Trinajstić information content (AvgIpc) is 3.47. The Morgan fingerprint density at radius 3 is 2.76 bits per heavy atom. The third-order valence-corrected chi connectivity index (χ3v) is 5.87. The van der Waals surface area contributed by atoms with E-state index in [2.05, 4.69) is 25.3 Å². The largest absolute Gasteiger partial charge is 0.378 e. The van der Waals surface area contributed by atoms with Crippen LogP contribution in [0.5, 0.6) is 0 Å². The summed E-state index contributed by atoms with van der Waals surface area (Å²) in [4.78, 5) is 19.8. The normalized spacial score (nSPS) is 14.3. The minimum atomic E-state index is 0.468. The van der Waals surface area contributed by atoms with Crippen molar-refractivity contribution in [2.75, 3.05) is 36.5 Å². The summed E-state index contributed by atoms with van der Waals surface area (Å²) >= 11 is 6.24. The highest BCUT2D eigenvalue weighted by atomic mass is 35.5. The molecule has 0 radical (unpaired) electrons. The molecule has 0 atom stereocenters. The maximum Gasteiger partial charge on any atom is 0.230 e. The van der Waals surface area contributed by atoms with Crippen molar-refractivity contribution in [3.8, 4) is 11.1 Å². The molecule has 5 aromatic rings. The molecule has 4 heterocycles. The van der Waals surface area contributed by atoms with Gasteiger partial charge in [0, 0.05) is 23.7 Å². The van der Waals surface area contributed by atoms with Crippen LogP contribution in [0.4, 0.5) is 11.9 Å². The van der Waals surface area contributed by atoms with Crippen LogP contribution < -0.4 is 10.2 Å². The number of H-pyrrole nitrogens is 1. The molecule has 10 heteroatoms. The number of rotatable bonds is 5. The van der Waals surface area contributed by atoms with Gasteiger partial charge in [0.2, 0.25) is 11.9 Å². The first-order valence-corrected chi connectivity index (χ1v) is 11.1. The summed E-state index contributed by atoms with van der Waals surface area (Å²) in [5, 5.41) is 8.63. The molecular weight excluding hydrogens is 440 g/mol. The number of para-hydroxylation sites is 2. The molecule has 1 aliphatic heterocycles. The first kappa shape index (κ1) is 20.0. The molecule has 166 valence electrons. The van der Waals surface area contributed by atoms with E-state index in [0.717, 1.165) is 41.1 Å². The fourth-order valence-electron chi connectivity index (χ4n) is 4.00. The zero-order valence-corrected chi connectivity index (χ0v) is 18.5. The third-order valence-electron chi connectivity index (χ3n) is 5.64. The van der Waals surface area contributed by atoms with E-state index in [0.29, 0.717) is 42.3 Å². The molecule has 0 amide bonds. The number of hydrogen-bond donors (Lipinski definition) is 2. The minimum Gasteiger partial charge on any atom is -0.378 e. The smallest absolute Gasteiger partial charge is 0.230 e. The Labute approximate surface area is 194 Å². The van der Waals surface area contributed by atoms with Gasteiger partial charge in [-0.3, -0.25) is 0 Å². The van der Waals surface area contributed by atoms with E-state index in [9.17, 15) is 0 Å². The molecule has 9 nitrogen and oxygen atoms in total. The first-order valence-electron chi connectivity index (χ1n) is 10.8. The highest BCUT2D eigenvalue weighted by Crippen LogP contribution is 2.28. The van der Waals surface area contributed by atoms with Gasteiger partial charge in [0.05, 0.1) is 37.0 Å². The van der Waals surface area contributed by atoms with E-state index in [1.54, 1.807) is 10.7 Å².